The van der Waals surface area contributed by atoms with E-state index in [0.29, 0.717) is 19.3 Å². The number of anilines is 3. The summed E-state index contributed by atoms with van der Waals surface area (Å²) in [6, 6.07) is 11.1. The first-order valence-corrected chi connectivity index (χ1v) is 9.46. The van der Waals surface area contributed by atoms with Crippen LogP contribution in [-0.2, 0) is 15.9 Å². The summed E-state index contributed by atoms with van der Waals surface area (Å²) < 4.78 is 11.7. The maximum atomic E-state index is 5.83. The minimum Gasteiger partial charge on any atom is -0.356 e. The lowest BCUT2D eigenvalue weighted by Crippen LogP contribution is -2.45. The molecule has 3 aliphatic rings. The van der Waals surface area contributed by atoms with Crippen LogP contribution in [0.3, 0.4) is 0 Å². The molecule has 0 amide bonds. The van der Waals surface area contributed by atoms with Crippen molar-refractivity contribution in [3.05, 3.63) is 42.2 Å². The van der Waals surface area contributed by atoms with Gasteiger partial charge in [-0.2, -0.15) is 0 Å². The largest absolute Gasteiger partial charge is 0.356 e. The highest BCUT2D eigenvalue weighted by Crippen LogP contribution is 2.38. The summed E-state index contributed by atoms with van der Waals surface area (Å²) in [6.07, 6.45) is 4.51. The SMILES string of the molecule is CC1Cc2ccccc2N1c1cc(N2CCC3(CC2)OCCO3)ncn1. The molecule has 2 saturated heterocycles. The molecule has 26 heavy (non-hydrogen) atoms. The van der Waals surface area contributed by atoms with Gasteiger partial charge < -0.3 is 19.3 Å². The molecule has 6 nitrogen and oxygen atoms in total. The number of hydrogen-bond acceptors (Lipinski definition) is 6. The Balaban J connectivity index is 1.38. The molecule has 1 spiro atoms. The molecule has 0 aliphatic carbocycles. The summed E-state index contributed by atoms with van der Waals surface area (Å²) in [6.45, 7) is 5.46. The quantitative estimate of drug-likeness (QED) is 0.828. The fourth-order valence-electron chi connectivity index (χ4n) is 4.42. The smallest absolute Gasteiger partial charge is 0.171 e. The van der Waals surface area contributed by atoms with E-state index in [1.165, 1.54) is 11.3 Å². The molecule has 136 valence electrons. The summed E-state index contributed by atoms with van der Waals surface area (Å²) in [5.41, 5.74) is 2.64. The molecule has 1 aromatic carbocycles. The fourth-order valence-corrected chi connectivity index (χ4v) is 4.42. The molecule has 5 rings (SSSR count). The zero-order valence-electron chi connectivity index (χ0n) is 15.1. The van der Waals surface area contributed by atoms with Gasteiger partial charge in [0, 0.05) is 43.7 Å². The number of aromatic nitrogens is 2. The highest BCUT2D eigenvalue weighted by Gasteiger charge is 2.40. The number of para-hydroxylation sites is 1. The lowest BCUT2D eigenvalue weighted by molar-refractivity contribution is -0.169. The Labute approximate surface area is 153 Å². The minimum atomic E-state index is -0.352. The molecule has 4 heterocycles. The fraction of sp³-hybridized carbons (Fsp3) is 0.500. The standard InChI is InChI=1S/C20H24N4O2/c1-15-12-16-4-2-3-5-17(16)24(15)19-13-18(21-14-22-19)23-8-6-20(7-9-23)25-10-11-26-20/h2-5,13-15H,6-12H2,1H3. The average Bonchev–Trinajstić information content (AvgIpc) is 3.26. The Bertz CT molecular complexity index is 796. The maximum absolute atomic E-state index is 5.83. The van der Waals surface area contributed by atoms with E-state index in [9.17, 15) is 0 Å². The zero-order valence-corrected chi connectivity index (χ0v) is 15.1. The Kier molecular flexibility index (Phi) is 3.83. The van der Waals surface area contributed by atoms with Crippen molar-refractivity contribution < 1.29 is 9.47 Å². The summed E-state index contributed by atoms with van der Waals surface area (Å²) in [5.74, 6) is 1.61. The van der Waals surface area contributed by atoms with Crippen LogP contribution in [0.25, 0.3) is 0 Å². The average molecular weight is 352 g/mol. The van der Waals surface area contributed by atoms with Crippen molar-refractivity contribution in [1.82, 2.24) is 9.97 Å². The number of nitrogens with zero attached hydrogens (tertiary/aromatic N) is 4. The monoisotopic (exact) mass is 352 g/mol. The number of benzene rings is 1. The molecular formula is C20H24N4O2. The highest BCUT2D eigenvalue weighted by atomic mass is 16.7. The molecule has 0 bridgehead atoms. The first-order valence-electron chi connectivity index (χ1n) is 9.46. The lowest BCUT2D eigenvalue weighted by atomic mass is 10.0. The summed E-state index contributed by atoms with van der Waals surface area (Å²) in [5, 5.41) is 0. The van der Waals surface area contributed by atoms with Crippen LogP contribution in [0.4, 0.5) is 17.3 Å². The van der Waals surface area contributed by atoms with E-state index >= 15 is 0 Å². The van der Waals surface area contributed by atoms with Gasteiger partial charge in [0.1, 0.15) is 18.0 Å². The Hall–Kier alpha value is -2.18. The number of piperidine rings is 1. The Morgan fingerprint density at radius 3 is 2.58 bits per heavy atom. The molecule has 1 atom stereocenters. The van der Waals surface area contributed by atoms with Crippen molar-refractivity contribution in [2.24, 2.45) is 0 Å². The van der Waals surface area contributed by atoms with Crippen LogP contribution in [0.5, 0.6) is 0 Å². The number of ether oxygens (including phenoxy) is 2. The maximum Gasteiger partial charge on any atom is 0.171 e. The Morgan fingerprint density at radius 2 is 1.77 bits per heavy atom. The second kappa shape index (κ2) is 6.21. The molecule has 1 aromatic heterocycles. The highest BCUT2D eigenvalue weighted by molar-refractivity contribution is 5.70. The van der Waals surface area contributed by atoms with E-state index in [0.717, 1.165) is 44.0 Å². The summed E-state index contributed by atoms with van der Waals surface area (Å²) in [7, 11) is 0. The summed E-state index contributed by atoms with van der Waals surface area (Å²) in [4.78, 5) is 13.8. The van der Waals surface area contributed by atoms with Gasteiger partial charge in [0.25, 0.3) is 0 Å². The Morgan fingerprint density at radius 1 is 1.04 bits per heavy atom. The third-order valence-corrected chi connectivity index (χ3v) is 5.76. The number of rotatable bonds is 2. The number of hydrogen-bond donors (Lipinski definition) is 0. The van der Waals surface area contributed by atoms with Gasteiger partial charge in [-0.1, -0.05) is 18.2 Å². The topological polar surface area (TPSA) is 50.7 Å². The predicted molar refractivity (Wildman–Crippen MR) is 99.9 cm³/mol. The molecular weight excluding hydrogens is 328 g/mol. The van der Waals surface area contributed by atoms with Gasteiger partial charge in [-0.05, 0) is 25.0 Å². The van der Waals surface area contributed by atoms with Gasteiger partial charge >= 0.3 is 0 Å². The molecule has 3 aliphatic heterocycles. The first kappa shape index (κ1) is 16.0. The second-order valence-electron chi connectivity index (χ2n) is 7.38. The van der Waals surface area contributed by atoms with E-state index in [1.54, 1.807) is 6.33 Å². The molecule has 6 heteroatoms. The number of fused-ring (bicyclic) bond motifs is 1. The van der Waals surface area contributed by atoms with Crippen molar-refractivity contribution in [1.29, 1.82) is 0 Å². The van der Waals surface area contributed by atoms with E-state index < -0.39 is 0 Å². The predicted octanol–water partition coefficient (Wildman–Crippen LogP) is 2.90. The van der Waals surface area contributed by atoms with Gasteiger partial charge in [-0.25, -0.2) is 9.97 Å². The van der Waals surface area contributed by atoms with Crippen molar-refractivity contribution in [2.75, 3.05) is 36.1 Å². The van der Waals surface area contributed by atoms with Crippen LogP contribution in [-0.4, -0.2) is 48.1 Å². The third kappa shape index (κ3) is 2.64. The first-order chi connectivity index (χ1) is 12.7. The zero-order chi connectivity index (χ0) is 17.6. The second-order valence-corrected chi connectivity index (χ2v) is 7.38. The molecule has 0 saturated carbocycles. The molecule has 0 N–H and O–H groups in total. The van der Waals surface area contributed by atoms with Gasteiger partial charge in [0.05, 0.1) is 13.2 Å². The van der Waals surface area contributed by atoms with Gasteiger partial charge in [0.15, 0.2) is 5.79 Å². The van der Waals surface area contributed by atoms with Crippen LogP contribution in [0.15, 0.2) is 36.7 Å². The normalized spacial score (nSPS) is 24.3. The van der Waals surface area contributed by atoms with Crippen LogP contribution in [0.2, 0.25) is 0 Å². The van der Waals surface area contributed by atoms with Gasteiger partial charge in [-0.15, -0.1) is 0 Å². The minimum absolute atomic E-state index is 0.352. The van der Waals surface area contributed by atoms with Gasteiger partial charge in [-0.3, -0.25) is 0 Å². The third-order valence-electron chi connectivity index (χ3n) is 5.76. The van der Waals surface area contributed by atoms with Crippen molar-refractivity contribution in [3.63, 3.8) is 0 Å². The van der Waals surface area contributed by atoms with E-state index in [2.05, 4.69) is 57.0 Å². The van der Waals surface area contributed by atoms with E-state index in [-0.39, 0.29) is 5.79 Å². The molecule has 2 fully saturated rings. The van der Waals surface area contributed by atoms with Crippen LogP contribution in [0, 0.1) is 0 Å². The molecule has 1 unspecified atom stereocenters. The van der Waals surface area contributed by atoms with Crippen molar-refractivity contribution in [3.8, 4) is 0 Å². The van der Waals surface area contributed by atoms with Crippen LogP contribution >= 0.6 is 0 Å². The van der Waals surface area contributed by atoms with Crippen LogP contribution < -0.4 is 9.80 Å². The van der Waals surface area contributed by atoms with Crippen molar-refractivity contribution >= 4 is 17.3 Å². The lowest BCUT2D eigenvalue weighted by Gasteiger charge is -2.38. The van der Waals surface area contributed by atoms with Crippen LogP contribution in [0.1, 0.15) is 25.3 Å². The van der Waals surface area contributed by atoms with Crippen molar-refractivity contribution in [2.45, 2.75) is 38.0 Å². The van der Waals surface area contributed by atoms with E-state index in [4.69, 9.17) is 9.47 Å². The van der Waals surface area contributed by atoms with E-state index in [1.807, 2.05) is 0 Å². The summed E-state index contributed by atoms with van der Waals surface area (Å²) >= 11 is 0. The van der Waals surface area contributed by atoms with Gasteiger partial charge in [0.2, 0.25) is 0 Å². The molecule has 0 radical (unpaired) electrons. The molecule has 2 aromatic rings.